The zero-order chi connectivity index (χ0) is 19.9. The minimum atomic E-state index is -0.275. The van der Waals surface area contributed by atoms with E-state index < -0.39 is 0 Å². The lowest BCUT2D eigenvalue weighted by atomic mass is 10.1. The molecule has 27 heavy (non-hydrogen) atoms. The molecule has 0 aromatic carbocycles. The van der Waals surface area contributed by atoms with Crippen LogP contribution in [0.2, 0.25) is 0 Å². The van der Waals surface area contributed by atoms with Gasteiger partial charge < -0.3 is 9.88 Å². The van der Waals surface area contributed by atoms with Crippen molar-refractivity contribution in [2.24, 2.45) is 14.1 Å². The van der Waals surface area contributed by atoms with Crippen LogP contribution in [-0.2, 0) is 14.1 Å². The van der Waals surface area contributed by atoms with Crippen LogP contribution in [0.15, 0.2) is 12.4 Å². The Kier molecular flexibility index (Phi) is 4.86. The Morgan fingerprint density at radius 1 is 1.11 bits per heavy atom. The zero-order valence-corrected chi connectivity index (χ0v) is 16.8. The number of aromatic nitrogens is 7. The Morgan fingerprint density at radius 3 is 2.41 bits per heavy atom. The lowest BCUT2D eigenvalue weighted by Gasteiger charge is -2.16. The zero-order valence-electron chi connectivity index (χ0n) is 16.8. The molecule has 3 heterocycles. The van der Waals surface area contributed by atoms with Gasteiger partial charge in [0, 0.05) is 31.4 Å². The maximum absolute atomic E-state index is 12.8. The lowest BCUT2D eigenvalue weighted by molar-refractivity contribution is 0.0927. The first-order valence-corrected chi connectivity index (χ1v) is 8.95. The highest BCUT2D eigenvalue weighted by molar-refractivity contribution is 5.94. The van der Waals surface area contributed by atoms with Crippen molar-refractivity contribution in [3.8, 4) is 11.3 Å². The molecule has 0 saturated carbocycles. The van der Waals surface area contributed by atoms with Crippen molar-refractivity contribution in [2.45, 2.75) is 46.7 Å². The summed E-state index contributed by atoms with van der Waals surface area (Å²) in [4.78, 5) is 12.8. The van der Waals surface area contributed by atoms with Crippen LogP contribution in [0.3, 0.4) is 0 Å². The van der Waals surface area contributed by atoms with Gasteiger partial charge in [-0.25, -0.2) is 0 Å². The fourth-order valence-corrected chi connectivity index (χ4v) is 3.24. The first kappa shape index (κ1) is 18.8. The van der Waals surface area contributed by atoms with Crippen molar-refractivity contribution in [3.63, 3.8) is 0 Å². The number of nitrogens with zero attached hydrogens (tertiary/aromatic N) is 7. The van der Waals surface area contributed by atoms with Crippen LogP contribution in [0.5, 0.6) is 0 Å². The molecule has 0 aliphatic carbocycles. The third-order valence-corrected chi connectivity index (χ3v) is 4.77. The third kappa shape index (κ3) is 3.36. The van der Waals surface area contributed by atoms with Crippen LogP contribution in [0.25, 0.3) is 11.3 Å². The standard InChI is InChI=1S/C18H26N8O/c1-10(2)26-9-19-21-17(26)12(4)20-18(27)15-8-14(23-25(15)7)16-11(3)22-24(6)13(16)5/h8-10,12H,1-7H3,(H,20,27)/t12-/m1/s1. The molecule has 3 aromatic rings. The molecule has 144 valence electrons. The molecule has 0 unspecified atom stereocenters. The molecule has 0 saturated heterocycles. The smallest absolute Gasteiger partial charge is 0.270 e. The van der Waals surface area contributed by atoms with Gasteiger partial charge in [0.1, 0.15) is 12.0 Å². The summed E-state index contributed by atoms with van der Waals surface area (Å²) in [5, 5.41) is 20.1. The second-order valence-corrected chi connectivity index (χ2v) is 7.09. The predicted octanol–water partition coefficient (Wildman–Crippen LogP) is 2.10. The highest BCUT2D eigenvalue weighted by Crippen LogP contribution is 2.26. The largest absolute Gasteiger partial charge is 0.341 e. The van der Waals surface area contributed by atoms with E-state index in [2.05, 4.69) is 25.7 Å². The van der Waals surface area contributed by atoms with Crippen LogP contribution >= 0.6 is 0 Å². The fraction of sp³-hybridized carbons (Fsp3) is 0.500. The van der Waals surface area contributed by atoms with E-state index in [4.69, 9.17) is 0 Å². The molecule has 1 N–H and O–H groups in total. The summed E-state index contributed by atoms with van der Waals surface area (Å²) >= 11 is 0. The number of nitrogens with one attached hydrogen (secondary N) is 1. The SMILES string of the molecule is Cc1nn(C)c(C)c1-c1cc(C(=O)N[C@H](C)c2nncn2C(C)C)n(C)n1. The number of hydrogen-bond acceptors (Lipinski definition) is 5. The van der Waals surface area contributed by atoms with E-state index in [9.17, 15) is 4.79 Å². The monoisotopic (exact) mass is 370 g/mol. The second-order valence-electron chi connectivity index (χ2n) is 7.09. The summed E-state index contributed by atoms with van der Waals surface area (Å²) in [5.74, 6) is 0.515. The molecule has 3 aromatic heterocycles. The van der Waals surface area contributed by atoms with E-state index in [0.29, 0.717) is 5.69 Å². The van der Waals surface area contributed by atoms with Gasteiger partial charge >= 0.3 is 0 Å². The van der Waals surface area contributed by atoms with E-state index in [0.717, 1.165) is 28.5 Å². The number of carbonyl (C=O) groups excluding carboxylic acids is 1. The molecule has 9 heteroatoms. The van der Waals surface area contributed by atoms with Gasteiger partial charge in [0.05, 0.1) is 17.4 Å². The van der Waals surface area contributed by atoms with Gasteiger partial charge in [0.15, 0.2) is 5.82 Å². The molecular weight excluding hydrogens is 344 g/mol. The van der Waals surface area contributed by atoms with Crippen molar-refractivity contribution < 1.29 is 4.79 Å². The summed E-state index contributed by atoms with van der Waals surface area (Å²) < 4.78 is 5.36. The molecule has 3 rings (SSSR count). The number of hydrogen-bond donors (Lipinski definition) is 1. The molecule has 0 fully saturated rings. The Hall–Kier alpha value is -2.97. The number of rotatable bonds is 5. The third-order valence-electron chi connectivity index (χ3n) is 4.77. The van der Waals surface area contributed by atoms with E-state index in [1.165, 1.54) is 0 Å². The molecule has 0 aliphatic heterocycles. The van der Waals surface area contributed by atoms with E-state index in [1.54, 1.807) is 24.1 Å². The Morgan fingerprint density at radius 2 is 1.81 bits per heavy atom. The van der Waals surface area contributed by atoms with Gasteiger partial charge in [-0.05, 0) is 40.7 Å². The van der Waals surface area contributed by atoms with Crippen molar-refractivity contribution in [3.05, 3.63) is 35.3 Å². The highest BCUT2D eigenvalue weighted by Gasteiger charge is 2.22. The van der Waals surface area contributed by atoms with Gasteiger partial charge in [-0.3, -0.25) is 14.2 Å². The molecule has 0 aliphatic rings. The minimum absolute atomic E-state index is 0.207. The molecule has 1 atom stereocenters. The van der Waals surface area contributed by atoms with Crippen LogP contribution in [-0.4, -0.2) is 40.2 Å². The summed E-state index contributed by atoms with van der Waals surface area (Å²) in [5.41, 5.74) is 4.08. The Balaban J connectivity index is 1.86. The fourth-order valence-electron chi connectivity index (χ4n) is 3.24. The minimum Gasteiger partial charge on any atom is -0.341 e. The van der Waals surface area contributed by atoms with E-state index >= 15 is 0 Å². The van der Waals surface area contributed by atoms with Crippen LogP contribution in [0, 0.1) is 13.8 Å². The second kappa shape index (κ2) is 6.98. The van der Waals surface area contributed by atoms with Crippen LogP contribution in [0.4, 0.5) is 0 Å². The number of carbonyl (C=O) groups is 1. The Bertz CT molecular complexity index is 978. The van der Waals surface area contributed by atoms with Crippen LogP contribution in [0.1, 0.15) is 60.6 Å². The maximum Gasteiger partial charge on any atom is 0.270 e. The van der Waals surface area contributed by atoms with Gasteiger partial charge in [-0.15, -0.1) is 10.2 Å². The average Bonchev–Trinajstić information content (AvgIpc) is 3.26. The first-order chi connectivity index (χ1) is 12.7. The van der Waals surface area contributed by atoms with E-state index in [-0.39, 0.29) is 18.0 Å². The summed E-state index contributed by atoms with van der Waals surface area (Å²) in [7, 11) is 3.66. The molecule has 0 spiro atoms. The molecule has 0 bridgehead atoms. The van der Waals surface area contributed by atoms with Gasteiger partial charge in [0.2, 0.25) is 0 Å². The van der Waals surface area contributed by atoms with Crippen molar-refractivity contribution in [1.82, 2.24) is 39.6 Å². The summed E-state index contributed by atoms with van der Waals surface area (Å²) in [6, 6.07) is 1.74. The molecular formula is C18H26N8O. The normalized spacial score (nSPS) is 12.6. The number of amides is 1. The Labute approximate surface area is 158 Å². The topological polar surface area (TPSA) is 95.5 Å². The van der Waals surface area contributed by atoms with Crippen molar-refractivity contribution in [1.29, 1.82) is 0 Å². The lowest BCUT2D eigenvalue weighted by Crippen LogP contribution is -2.30. The van der Waals surface area contributed by atoms with Crippen molar-refractivity contribution in [2.75, 3.05) is 0 Å². The molecule has 1 amide bonds. The predicted molar refractivity (Wildman–Crippen MR) is 101 cm³/mol. The summed E-state index contributed by atoms with van der Waals surface area (Å²) in [6.45, 7) is 9.93. The van der Waals surface area contributed by atoms with Crippen LogP contribution < -0.4 is 5.32 Å². The summed E-state index contributed by atoms with van der Waals surface area (Å²) in [6.07, 6.45) is 1.68. The van der Waals surface area contributed by atoms with E-state index in [1.807, 2.05) is 50.9 Å². The quantitative estimate of drug-likeness (QED) is 0.742. The molecule has 9 nitrogen and oxygen atoms in total. The highest BCUT2D eigenvalue weighted by atomic mass is 16.2. The maximum atomic E-state index is 12.8. The van der Waals surface area contributed by atoms with Crippen molar-refractivity contribution >= 4 is 5.91 Å². The molecule has 0 radical (unpaired) electrons. The average molecular weight is 370 g/mol. The van der Waals surface area contributed by atoms with Gasteiger partial charge in [-0.1, -0.05) is 0 Å². The first-order valence-electron chi connectivity index (χ1n) is 8.95. The van der Waals surface area contributed by atoms with Gasteiger partial charge in [-0.2, -0.15) is 10.2 Å². The number of aryl methyl sites for hydroxylation is 3. The van der Waals surface area contributed by atoms with Gasteiger partial charge in [0.25, 0.3) is 5.91 Å².